The Morgan fingerprint density at radius 3 is 2.54 bits per heavy atom. The number of hydrogen-bond donors (Lipinski definition) is 2. The fourth-order valence-corrected chi connectivity index (χ4v) is 3.63. The summed E-state index contributed by atoms with van der Waals surface area (Å²) in [5.41, 5.74) is 2.58. The second kappa shape index (κ2) is 12.1. The summed E-state index contributed by atoms with van der Waals surface area (Å²) in [7, 11) is 2.12. The average Bonchev–Trinajstić information content (AvgIpc) is 3.35. The van der Waals surface area contributed by atoms with Crippen LogP contribution in [-0.2, 0) is 19.6 Å². The summed E-state index contributed by atoms with van der Waals surface area (Å²) >= 11 is 0. The van der Waals surface area contributed by atoms with E-state index < -0.39 is 0 Å². The van der Waals surface area contributed by atoms with Crippen LogP contribution in [0.25, 0.3) is 0 Å². The van der Waals surface area contributed by atoms with E-state index in [9.17, 15) is 0 Å². The van der Waals surface area contributed by atoms with Crippen molar-refractivity contribution < 1.29 is 4.42 Å². The fourth-order valence-electron chi connectivity index (χ4n) is 3.63. The molecule has 1 aliphatic carbocycles. The Morgan fingerprint density at radius 1 is 1.11 bits per heavy atom. The van der Waals surface area contributed by atoms with Gasteiger partial charge in [-0.25, -0.2) is 4.99 Å². The lowest BCUT2D eigenvalue weighted by atomic mass is 10.1. The molecule has 0 aliphatic heterocycles. The van der Waals surface area contributed by atoms with E-state index in [2.05, 4.69) is 53.8 Å². The van der Waals surface area contributed by atoms with Crippen molar-refractivity contribution in [1.29, 1.82) is 0 Å². The van der Waals surface area contributed by atoms with Crippen LogP contribution < -0.4 is 10.6 Å². The molecule has 1 aromatic heterocycles. The molecule has 3 rings (SSSR count). The molecule has 6 heteroatoms. The molecule has 2 N–H and O–H groups in total. The van der Waals surface area contributed by atoms with Gasteiger partial charge in [-0.15, -0.1) is 24.0 Å². The Hall–Kier alpha value is -1.54. The monoisotopic (exact) mass is 496 g/mol. The number of guanidine groups is 1. The SMILES string of the molecule is CCNC(=NCc1ccccc1CN(C)Cc1ccco1)NC1CCCC1.I. The quantitative estimate of drug-likeness (QED) is 0.321. The minimum atomic E-state index is 0. The molecule has 1 heterocycles. The van der Waals surface area contributed by atoms with Crippen LogP contribution in [-0.4, -0.2) is 30.5 Å². The number of rotatable bonds is 8. The van der Waals surface area contributed by atoms with Crippen LogP contribution in [0.4, 0.5) is 0 Å². The topological polar surface area (TPSA) is 52.8 Å². The van der Waals surface area contributed by atoms with Gasteiger partial charge in [0.15, 0.2) is 5.96 Å². The van der Waals surface area contributed by atoms with Crippen LogP contribution in [0.15, 0.2) is 52.1 Å². The first-order valence-corrected chi connectivity index (χ1v) is 10.1. The zero-order valence-corrected chi connectivity index (χ0v) is 19.3. The Balaban J connectivity index is 0.00000280. The smallest absolute Gasteiger partial charge is 0.191 e. The first-order chi connectivity index (χ1) is 13.2. The Kier molecular flexibility index (Phi) is 9.84. The average molecular weight is 496 g/mol. The molecular formula is C22H33IN4O. The number of halogens is 1. The normalized spacial score (nSPS) is 14.9. The van der Waals surface area contributed by atoms with Crippen LogP contribution in [0.5, 0.6) is 0 Å². The molecule has 0 spiro atoms. The van der Waals surface area contributed by atoms with E-state index in [0.717, 1.165) is 31.4 Å². The molecule has 5 nitrogen and oxygen atoms in total. The van der Waals surface area contributed by atoms with Gasteiger partial charge in [0.05, 0.1) is 19.4 Å². The molecule has 0 saturated heterocycles. The van der Waals surface area contributed by atoms with Gasteiger partial charge in [-0.2, -0.15) is 0 Å². The van der Waals surface area contributed by atoms with Crippen LogP contribution in [0.3, 0.4) is 0 Å². The van der Waals surface area contributed by atoms with Gasteiger partial charge in [0, 0.05) is 19.1 Å². The summed E-state index contributed by atoms with van der Waals surface area (Å²) in [5.74, 6) is 1.92. The number of aliphatic imine (C=N–C) groups is 1. The van der Waals surface area contributed by atoms with Crippen LogP contribution >= 0.6 is 24.0 Å². The second-order valence-corrected chi connectivity index (χ2v) is 7.34. The van der Waals surface area contributed by atoms with Crippen molar-refractivity contribution in [2.45, 2.75) is 58.3 Å². The molecule has 0 unspecified atom stereocenters. The number of nitrogens with zero attached hydrogens (tertiary/aromatic N) is 2. The van der Waals surface area contributed by atoms with E-state index in [1.54, 1.807) is 6.26 Å². The summed E-state index contributed by atoms with van der Waals surface area (Å²) in [6, 6.07) is 13.1. The van der Waals surface area contributed by atoms with Crippen LogP contribution in [0, 0.1) is 0 Å². The number of benzene rings is 1. The molecule has 1 aliphatic rings. The van der Waals surface area contributed by atoms with Crippen molar-refractivity contribution in [3.05, 3.63) is 59.5 Å². The van der Waals surface area contributed by atoms with Gasteiger partial charge >= 0.3 is 0 Å². The lowest BCUT2D eigenvalue weighted by Gasteiger charge is -2.19. The third-order valence-corrected chi connectivity index (χ3v) is 5.01. The number of hydrogen-bond acceptors (Lipinski definition) is 3. The van der Waals surface area contributed by atoms with Gasteiger partial charge in [0.2, 0.25) is 0 Å². The number of furan rings is 1. The zero-order valence-electron chi connectivity index (χ0n) is 17.0. The minimum Gasteiger partial charge on any atom is -0.468 e. The molecule has 0 amide bonds. The maximum absolute atomic E-state index is 5.46. The van der Waals surface area contributed by atoms with Crippen molar-refractivity contribution >= 4 is 29.9 Å². The summed E-state index contributed by atoms with van der Waals surface area (Å²) in [6.45, 7) is 5.36. The lowest BCUT2D eigenvalue weighted by Crippen LogP contribution is -2.42. The Bertz CT molecular complexity index is 711. The van der Waals surface area contributed by atoms with Crippen molar-refractivity contribution in [3.63, 3.8) is 0 Å². The van der Waals surface area contributed by atoms with Crippen molar-refractivity contribution in [2.75, 3.05) is 13.6 Å². The first kappa shape index (κ1) is 22.7. The van der Waals surface area contributed by atoms with E-state index in [4.69, 9.17) is 9.41 Å². The molecular weight excluding hydrogens is 463 g/mol. The van der Waals surface area contributed by atoms with Gasteiger partial charge in [-0.1, -0.05) is 37.1 Å². The lowest BCUT2D eigenvalue weighted by molar-refractivity contribution is 0.287. The second-order valence-electron chi connectivity index (χ2n) is 7.34. The van der Waals surface area contributed by atoms with Crippen LogP contribution in [0.2, 0.25) is 0 Å². The predicted octanol–water partition coefficient (Wildman–Crippen LogP) is 4.53. The highest BCUT2D eigenvalue weighted by molar-refractivity contribution is 14.0. The highest BCUT2D eigenvalue weighted by Crippen LogP contribution is 2.18. The highest BCUT2D eigenvalue weighted by atomic mass is 127. The van der Waals surface area contributed by atoms with Gasteiger partial charge in [-0.3, -0.25) is 4.90 Å². The number of nitrogens with one attached hydrogen (secondary N) is 2. The zero-order chi connectivity index (χ0) is 18.9. The highest BCUT2D eigenvalue weighted by Gasteiger charge is 2.16. The van der Waals surface area contributed by atoms with E-state index in [1.807, 2.05) is 12.1 Å². The maximum atomic E-state index is 5.46. The van der Waals surface area contributed by atoms with Gasteiger partial charge in [-0.05, 0) is 50.1 Å². The molecule has 2 aromatic rings. The Labute approximate surface area is 186 Å². The fraction of sp³-hybridized carbons (Fsp3) is 0.500. The standard InChI is InChI=1S/C22H32N4O.HI/c1-3-23-22(25-20-11-6-7-12-20)24-15-18-9-4-5-10-19(18)16-26(2)17-21-13-8-14-27-21;/h4-5,8-10,13-14,20H,3,6-7,11-12,15-17H2,1-2H3,(H2,23,24,25);1H. The summed E-state index contributed by atoms with van der Waals surface area (Å²) < 4.78 is 5.46. The Morgan fingerprint density at radius 2 is 1.86 bits per heavy atom. The molecule has 0 bridgehead atoms. The van der Waals surface area contributed by atoms with E-state index in [0.29, 0.717) is 12.6 Å². The van der Waals surface area contributed by atoms with E-state index >= 15 is 0 Å². The summed E-state index contributed by atoms with van der Waals surface area (Å²) in [6.07, 6.45) is 6.87. The molecule has 154 valence electrons. The largest absolute Gasteiger partial charge is 0.468 e. The third-order valence-electron chi connectivity index (χ3n) is 5.01. The van der Waals surface area contributed by atoms with E-state index in [-0.39, 0.29) is 24.0 Å². The predicted molar refractivity (Wildman–Crippen MR) is 126 cm³/mol. The molecule has 1 saturated carbocycles. The van der Waals surface area contributed by atoms with Crippen molar-refractivity contribution in [2.24, 2.45) is 4.99 Å². The van der Waals surface area contributed by atoms with Gasteiger partial charge in [0.25, 0.3) is 0 Å². The molecule has 1 aromatic carbocycles. The first-order valence-electron chi connectivity index (χ1n) is 10.1. The molecule has 0 radical (unpaired) electrons. The maximum Gasteiger partial charge on any atom is 0.191 e. The van der Waals surface area contributed by atoms with Crippen LogP contribution in [0.1, 0.15) is 49.5 Å². The van der Waals surface area contributed by atoms with E-state index in [1.165, 1.54) is 36.8 Å². The molecule has 1 fully saturated rings. The van der Waals surface area contributed by atoms with Crippen molar-refractivity contribution in [1.82, 2.24) is 15.5 Å². The minimum absolute atomic E-state index is 0. The van der Waals surface area contributed by atoms with Gasteiger partial charge < -0.3 is 15.1 Å². The summed E-state index contributed by atoms with van der Waals surface area (Å²) in [4.78, 5) is 7.12. The molecule has 28 heavy (non-hydrogen) atoms. The van der Waals surface area contributed by atoms with Gasteiger partial charge in [0.1, 0.15) is 5.76 Å². The summed E-state index contributed by atoms with van der Waals surface area (Å²) in [5, 5.41) is 6.98. The molecule has 0 atom stereocenters. The third kappa shape index (κ3) is 7.13. The van der Waals surface area contributed by atoms with Crippen molar-refractivity contribution in [3.8, 4) is 0 Å².